The highest BCUT2D eigenvalue weighted by molar-refractivity contribution is 5.89. The molecule has 0 saturated carbocycles. The lowest BCUT2D eigenvalue weighted by Gasteiger charge is -2.00. The predicted octanol–water partition coefficient (Wildman–Crippen LogP) is 1.11. The molecule has 1 N–H and O–H groups in total. The number of carbonyl (C=O) groups is 2. The third kappa shape index (κ3) is 5.51. The minimum atomic E-state index is -0.694. The number of aliphatic hydroxyl groups excluding tert-OH is 1. The first-order valence-corrected chi connectivity index (χ1v) is 4.35. The van der Waals surface area contributed by atoms with Gasteiger partial charge in [-0.3, -0.25) is 0 Å². The van der Waals surface area contributed by atoms with Crippen LogP contribution in [0.25, 0.3) is 0 Å². The molecule has 0 unspecified atom stereocenters. The molecule has 5 heteroatoms. The first-order chi connectivity index (χ1) is 7.01. The van der Waals surface area contributed by atoms with Gasteiger partial charge in [-0.25, -0.2) is 9.59 Å². The van der Waals surface area contributed by atoms with E-state index < -0.39 is 11.9 Å². The molecule has 0 aliphatic carbocycles. The SMILES string of the molecule is CCOC(=O)/C(C)=C/C(O)=C/C(=O)OC. The van der Waals surface area contributed by atoms with Crippen molar-refractivity contribution in [2.45, 2.75) is 13.8 Å². The fourth-order valence-electron chi connectivity index (χ4n) is 0.747. The Balaban J connectivity index is 4.54. The second-order valence-electron chi connectivity index (χ2n) is 2.64. The monoisotopic (exact) mass is 214 g/mol. The molecule has 0 aromatic carbocycles. The zero-order chi connectivity index (χ0) is 11.8. The number of hydrogen-bond donors (Lipinski definition) is 1. The molecule has 0 amide bonds. The van der Waals surface area contributed by atoms with Gasteiger partial charge in [-0.1, -0.05) is 0 Å². The first kappa shape index (κ1) is 13.2. The molecule has 15 heavy (non-hydrogen) atoms. The summed E-state index contributed by atoms with van der Waals surface area (Å²) in [6, 6.07) is 0. The van der Waals surface area contributed by atoms with Crippen LogP contribution in [0.15, 0.2) is 23.5 Å². The number of ether oxygens (including phenoxy) is 2. The van der Waals surface area contributed by atoms with Gasteiger partial charge in [-0.2, -0.15) is 0 Å². The summed E-state index contributed by atoms with van der Waals surface area (Å²) >= 11 is 0. The molecule has 0 rings (SSSR count). The molecule has 0 aromatic heterocycles. The summed E-state index contributed by atoms with van der Waals surface area (Å²) in [5, 5.41) is 9.21. The third-order valence-electron chi connectivity index (χ3n) is 1.43. The van der Waals surface area contributed by atoms with Gasteiger partial charge in [0.2, 0.25) is 0 Å². The quantitative estimate of drug-likeness (QED) is 0.328. The maximum Gasteiger partial charge on any atom is 0.334 e. The molecule has 0 radical (unpaired) electrons. The van der Waals surface area contributed by atoms with Crippen molar-refractivity contribution in [1.82, 2.24) is 0 Å². The second kappa shape index (κ2) is 6.64. The van der Waals surface area contributed by atoms with E-state index in [9.17, 15) is 14.7 Å². The van der Waals surface area contributed by atoms with E-state index >= 15 is 0 Å². The van der Waals surface area contributed by atoms with Gasteiger partial charge in [0.15, 0.2) is 0 Å². The molecule has 0 aliphatic heterocycles. The highest BCUT2D eigenvalue weighted by Gasteiger charge is 2.05. The molecule has 0 heterocycles. The Morgan fingerprint density at radius 3 is 2.40 bits per heavy atom. The van der Waals surface area contributed by atoms with E-state index in [2.05, 4.69) is 9.47 Å². The van der Waals surface area contributed by atoms with Gasteiger partial charge < -0.3 is 14.6 Å². The summed E-state index contributed by atoms with van der Waals surface area (Å²) in [5.41, 5.74) is 0.203. The molecule has 84 valence electrons. The fourth-order valence-corrected chi connectivity index (χ4v) is 0.747. The molecular weight excluding hydrogens is 200 g/mol. The van der Waals surface area contributed by atoms with Crippen LogP contribution in [-0.4, -0.2) is 30.8 Å². The van der Waals surface area contributed by atoms with E-state index in [1.54, 1.807) is 6.92 Å². The van der Waals surface area contributed by atoms with Gasteiger partial charge in [-0.05, 0) is 19.9 Å². The third-order valence-corrected chi connectivity index (χ3v) is 1.43. The van der Waals surface area contributed by atoms with Crippen LogP contribution in [0.5, 0.6) is 0 Å². The molecule has 0 bridgehead atoms. The Morgan fingerprint density at radius 2 is 1.93 bits per heavy atom. The summed E-state index contributed by atoms with van der Waals surface area (Å²) in [7, 11) is 1.19. The number of rotatable bonds is 4. The van der Waals surface area contributed by atoms with Crippen molar-refractivity contribution in [2.75, 3.05) is 13.7 Å². The Morgan fingerprint density at radius 1 is 1.33 bits per heavy atom. The number of carbonyl (C=O) groups excluding carboxylic acids is 2. The highest BCUT2D eigenvalue weighted by Crippen LogP contribution is 2.02. The summed E-state index contributed by atoms with van der Waals surface area (Å²) in [6.45, 7) is 3.40. The molecule has 0 fully saturated rings. The zero-order valence-electron chi connectivity index (χ0n) is 8.94. The van der Waals surface area contributed by atoms with Gasteiger partial charge in [0.05, 0.1) is 19.8 Å². The van der Waals surface area contributed by atoms with E-state index in [4.69, 9.17) is 0 Å². The molecule has 0 aromatic rings. The Labute approximate surface area is 88.0 Å². The summed E-state index contributed by atoms with van der Waals surface area (Å²) in [4.78, 5) is 21.8. The van der Waals surface area contributed by atoms with Crippen molar-refractivity contribution in [2.24, 2.45) is 0 Å². The van der Waals surface area contributed by atoms with Crippen LogP contribution >= 0.6 is 0 Å². The first-order valence-electron chi connectivity index (χ1n) is 4.35. The number of hydrogen-bond acceptors (Lipinski definition) is 5. The Bertz CT molecular complexity index is 301. The van der Waals surface area contributed by atoms with Crippen molar-refractivity contribution in [1.29, 1.82) is 0 Å². The lowest BCUT2D eigenvalue weighted by molar-refractivity contribution is -0.138. The maximum atomic E-state index is 11.1. The molecule has 0 aliphatic rings. The Kier molecular flexibility index (Phi) is 5.85. The highest BCUT2D eigenvalue weighted by atomic mass is 16.5. The van der Waals surface area contributed by atoms with Crippen molar-refractivity contribution in [3.05, 3.63) is 23.5 Å². The van der Waals surface area contributed by atoms with Crippen LogP contribution in [0.1, 0.15) is 13.8 Å². The zero-order valence-corrected chi connectivity index (χ0v) is 8.94. The van der Waals surface area contributed by atoms with Crippen molar-refractivity contribution in [3.63, 3.8) is 0 Å². The van der Waals surface area contributed by atoms with E-state index in [0.717, 1.165) is 12.2 Å². The maximum absolute atomic E-state index is 11.1. The fraction of sp³-hybridized carbons (Fsp3) is 0.400. The van der Waals surface area contributed by atoms with Crippen LogP contribution < -0.4 is 0 Å². The summed E-state index contributed by atoms with van der Waals surface area (Å²) in [5.74, 6) is -1.59. The van der Waals surface area contributed by atoms with Crippen LogP contribution in [0.3, 0.4) is 0 Å². The topological polar surface area (TPSA) is 72.8 Å². The van der Waals surface area contributed by atoms with Crippen molar-refractivity contribution >= 4 is 11.9 Å². The van der Waals surface area contributed by atoms with Crippen molar-refractivity contribution < 1.29 is 24.2 Å². The van der Waals surface area contributed by atoms with Gasteiger partial charge >= 0.3 is 11.9 Å². The summed E-state index contributed by atoms with van der Waals surface area (Å²) < 4.78 is 8.96. The van der Waals surface area contributed by atoms with Gasteiger partial charge in [0.1, 0.15) is 5.76 Å². The number of esters is 2. The van der Waals surface area contributed by atoms with Crippen LogP contribution in [-0.2, 0) is 19.1 Å². The predicted molar refractivity (Wildman–Crippen MR) is 53.1 cm³/mol. The number of methoxy groups -OCH3 is 1. The van der Waals surface area contributed by atoms with E-state index in [-0.39, 0.29) is 17.9 Å². The average Bonchev–Trinajstić information content (AvgIpc) is 2.17. The lowest BCUT2D eigenvalue weighted by atomic mass is 10.2. The number of aliphatic hydroxyl groups is 1. The van der Waals surface area contributed by atoms with Gasteiger partial charge in [0, 0.05) is 5.57 Å². The molecular formula is C10H14O5. The Hall–Kier alpha value is -1.78. The van der Waals surface area contributed by atoms with Crippen molar-refractivity contribution in [3.8, 4) is 0 Å². The number of allylic oxidation sites excluding steroid dienone is 1. The van der Waals surface area contributed by atoms with Gasteiger partial charge in [-0.15, -0.1) is 0 Å². The molecule has 5 nitrogen and oxygen atoms in total. The van der Waals surface area contributed by atoms with Gasteiger partial charge in [0.25, 0.3) is 0 Å². The largest absolute Gasteiger partial charge is 0.508 e. The lowest BCUT2D eigenvalue weighted by Crippen LogP contribution is -2.05. The van der Waals surface area contributed by atoms with Crippen LogP contribution in [0.4, 0.5) is 0 Å². The van der Waals surface area contributed by atoms with E-state index in [0.29, 0.717) is 0 Å². The second-order valence-corrected chi connectivity index (χ2v) is 2.64. The molecule has 0 atom stereocenters. The normalized spacial score (nSPS) is 12.2. The minimum absolute atomic E-state index is 0.203. The average molecular weight is 214 g/mol. The minimum Gasteiger partial charge on any atom is -0.508 e. The van der Waals surface area contributed by atoms with Crippen LogP contribution in [0, 0.1) is 0 Å². The smallest absolute Gasteiger partial charge is 0.334 e. The molecule has 0 saturated heterocycles. The standard InChI is InChI=1S/C10H14O5/c1-4-15-10(13)7(2)5-8(11)6-9(12)14-3/h5-6,11H,4H2,1-3H3/b7-5+,8-6-. The molecule has 0 spiro atoms. The van der Waals surface area contributed by atoms with E-state index in [1.165, 1.54) is 14.0 Å². The summed E-state index contributed by atoms with van der Waals surface area (Å²) in [6.07, 6.45) is 2.00. The van der Waals surface area contributed by atoms with E-state index in [1.807, 2.05) is 0 Å². The van der Waals surface area contributed by atoms with Crippen LogP contribution in [0.2, 0.25) is 0 Å².